The van der Waals surface area contributed by atoms with E-state index in [0.717, 1.165) is 20.1 Å². The fourth-order valence-corrected chi connectivity index (χ4v) is 5.03. The van der Waals surface area contributed by atoms with Gasteiger partial charge in [-0.15, -0.1) is 0 Å². The van der Waals surface area contributed by atoms with Crippen LogP contribution in [0.2, 0.25) is 0 Å². The highest BCUT2D eigenvalue weighted by Gasteiger charge is 2.07. The molecular weight excluding hydrogens is 610 g/mol. The van der Waals surface area contributed by atoms with E-state index in [9.17, 15) is 4.79 Å². The fourth-order valence-electron chi connectivity index (χ4n) is 5.03. The average Bonchev–Trinajstić information content (AvgIpc) is 3.10. The van der Waals surface area contributed by atoms with Crippen LogP contribution in [0.3, 0.4) is 0 Å². The number of nitrogens with one attached hydrogen (secondary N) is 1. The van der Waals surface area contributed by atoms with Gasteiger partial charge < -0.3 is 25.0 Å². The Labute approximate surface area is 309 Å². The highest BCUT2D eigenvalue weighted by atomic mass is 16.5. The quantitative estimate of drug-likeness (QED) is 0.0607. The first-order chi connectivity index (χ1) is 23.7. The highest BCUT2D eigenvalue weighted by Crippen LogP contribution is 2.13. The van der Waals surface area contributed by atoms with E-state index in [4.69, 9.17) is 19.7 Å². The predicted octanol–water partition coefficient (Wildman–Crippen LogP) is 13.1. The van der Waals surface area contributed by atoms with E-state index >= 15 is 0 Å². The van der Waals surface area contributed by atoms with E-state index < -0.39 is 0 Å². The molecule has 0 saturated carbocycles. The Kier molecular flexibility index (Phi) is 57.7. The molecule has 3 N–H and O–H groups in total. The number of carbonyl (C=O) groups is 1. The SMILES string of the molecule is CC(C)CO.CCCCCCCCCCCCCCC.CCCCCCCCCCCCCCOCC(C)CNC(=O)OCC(C)C.CO. The molecule has 1 unspecified atom stereocenters. The third-order valence-electron chi connectivity index (χ3n) is 8.26. The summed E-state index contributed by atoms with van der Waals surface area (Å²) in [7, 11) is 1.00. The van der Waals surface area contributed by atoms with Gasteiger partial charge in [-0.25, -0.2) is 4.79 Å². The minimum atomic E-state index is -0.323. The molecule has 0 saturated heterocycles. The van der Waals surface area contributed by atoms with Crippen molar-refractivity contribution >= 4 is 6.09 Å². The molecule has 0 heterocycles. The van der Waals surface area contributed by atoms with E-state index in [-0.39, 0.29) is 6.09 Å². The van der Waals surface area contributed by atoms with Crippen LogP contribution in [0.5, 0.6) is 0 Å². The van der Waals surface area contributed by atoms with Gasteiger partial charge in [0.05, 0.1) is 13.2 Å². The van der Waals surface area contributed by atoms with Gasteiger partial charge >= 0.3 is 6.09 Å². The van der Waals surface area contributed by atoms with Crippen molar-refractivity contribution in [2.45, 2.75) is 216 Å². The lowest BCUT2D eigenvalue weighted by molar-refractivity contribution is 0.0968. The smallest absolute Gasteiger partial charge is 0.407 e. The van der Waals surface area contributed by atoms with Crippen molar-refractivity contribution in [3.63, 3.8) is 0 Å². The lowest BCUT2D eigenvalue weighted by Crippen LogP contribution is -2.31. The van der Waals surface area contributed by atoms with E-state index in [1.165, 1.54) is 154 Å². The molecule has 1 atom stereocenters. The molecule has 0 fully saturated rings. The van der Waals surface area contributed by atoms with Crippen molar-refractivity contribution in [1.29, 1.82) is 0 Å². The summed E-state index contributed by atoms with van der Waals surface area (Å²) >= 11 is 0. The van der Waals surface area contributed by atoms with Gasteiger partial charge in [0.15, 0.2) is 0 Å². The van der Waals surface area contributed by atoms with Crippen molar-refractivity contribution in [2.24, 2.45) is 17.8 Å². The number of carbonyl (C=O) groups excluding carboxylic acids is 1. The van der Waals surface area contributed by atoms with Crippen LogP contribution in [0, 0.1) is 17.8 Å². The molecule has 0 aliphatic heterocycles. The summed E-state index contributed by atoms with van der Waals surface area (Å²) in [6.45, 7) is 19.8. The zero-order valence-electron chi connectivity index (χ0n) is 35.1. The summed E-state index contributed by atoms with van der Waals surface area (Å²) in [6, 6.07) is 0. The van der Waals surface area contributed by atoms with Gasteiger partial charge in [0, 0.05) is 26.9 Å². The van der Waals surface area contributed by atoms with Crippen molar-refractivity contribution in [2.75, 3.05) is 40.1 Å². The predicted molar refractivity (Wildman–Crippen MR) is 217 cm³/mol. The minimum Gasteiger partial charge on any atom is -0.449 e. The largest absolute Gasteiger partial charge is 0.449 e. The first-order valence-corrected chi connectivity index (χ1v) is 21.3. The molecule has 0 spiro atoms. The zero-order chi connectivity index (χ0) is 37.6. The molecule has 0 aromatic rings. The van der Waals surface area contributed by atoms with Crippen molar-refractivity contribution in [3.8, 4) is 0 Å². The van der Waals surface area contributed by atoms with E-state index in [1.807, 2.05) is 27.7 Å². The number of alkyl carbamates (subject to hydrolysis) is 1. The Bertz CT molecular complexity index is 546. The van der Waals surface area contributed by atoms with Gasteiger partial charge in [0.1, 0.15) is 0 Å². The number of hydrogen-bond acceptors (Lipinski definition) is 5. The van der Waals surface area contributed by atoms with E-state index in [1.54, 1.807) is 0 Å². The normalized spacial score (nSPS) is 11.2. The maximum atomic E-state index is 11.5. The monoisotopic (exact) mass is 704 g/mol. The Hall–Kier alpha value is -0.850. The van der Waals surface area contributed by atoms with Gasteiger partial charge in [-0.05, 0) is 24.2 Å². The third-order valence-corrected chi connectivity index (χ3v) is 8.26. The van der Waals surface area contributed by atoms with Crippen LogP contribution in [0.15, 0.2) is 0 Å². The number of ether oxygens (including phenoxy) is 2. The summed E-state index contributed by atoms with van der Waals surface area (Å²) in [5, 5.41) is 17.9. The van der Waals surface area contributed by atoms with Gasteiger partial charge in [0.25, 0.3) is 0 Å². The van der Waals surface area contributed by atoms with Crippen LogP contribution in [-0.4, -0.2) is 56.4 Å². The van der Waals surface area contributed by atoms with Crippen LogP contribution in [0.25, 0.3) is 0 Å². The molecule has 0 aliphatic carbocycles. The standard InChI is InChI=1S/C23H47NO3.C15H32.C4H10O.CH4O/c1-5-6-7-8-9-10-11-12-13-14-15-16-17-26-20-22(4)18-24-23(25)27-19-21(2)3;1-3-5-7-9-11-13-15-14-12-10-8-6-4-2;1-4(2)3-5;1-2/h21-22H,5-20H2,1-4H3,(H,24,25);3-15H2,1-2H3;4-5H,3H2,1-2H3;2H,1H3. The lowest BCUT2D eigenvalue weighted by atomic mass is 10.1. The molecule has 0 aliphatic rings. The number of hydrogen-bond donors (Lipinski definition) is 3. The maximum absolute atomic E-state index is 11.5. The van der Waals surface area contributed by atoms with Crippen LogP contribution >= 0.6 is 0 Å². The fraction of sp³-hybridized carbons (Fsp3) is 0.977. The molecule has 0 aromatic heterocycles. The Balaban J connectivity index is -0.000000384. The first-order valence-electron chi connectivity index (χ1n) is 21.3. The number of amides is 1. The van der Waals surface area contributed by atoms with E-state index in [0.29, 0.717) is 44.1 Å². The highest BCUT2D eigenvalue weighted by molar-refractivity contribution is 5.67. The zero-order valence-corrected chi connectivity index (χ0v) is 35.1. The van der Waals surface area contributed by atoms with Crippen LogP contribution in [-0.2, 0) is 9.47 Å². The maximum Gasteiger partial charge on any atom is 0.407 e. The number of unbranched alkanes of at least 4 members (excludes halogenated alkanes) is 23. The van der Waals surface area contributed by atoms with Crippen LogP contribution in [0.1, 0.15) is 216 Å². The molecule has 0 radical (unpaired) electrons. The molecule has 0 rings (SSSR count). The summed E-state index contributed by atoms with van der Waals surface area (Å²) in [6.07, 6.45) is 35.0. The molecule has 6 heteroatoms. The first kappa shape index (κ1) is 54.9. The molecule has 1 amide bonds. The van der Waals surface area contributed by atoms with Gasteiger partial charge in [-0.1, -0.05) is 209 Å². The van der Waals surface area contributed by atoms with Crippen molar-refractivity contribution in [1.82, 2.24) is 5.32 Å². The van der Waals surface area contributed by atoms with E-state index in [2.05, 4.69) is 33.0 Å². The third kappa shape index (κ3) is 62.7. The second-order valence-corrected chi connectivity index (χ2v) is 14.9. The van der Waals surface area contributed by atoms with Crippen LogP contribution in [0.4, 0.5) is 4.79 Å². The van der Waals surface area contributed by atoms with Gasteiger partial charge in [-0.2, -0.15) is 0 Å². The molecule has 0 bridgehead atoms. The molecular formula is C43H93NO5. The molecule has 0 aromatic carbocycles. The minimum absolute atomic E-state index is 0.306. The topological polar surface area (TPSA) is 88.0 Å². The average molecular weight is 704 g/mol. The Morgan fingerprint density at radius 2 is 0.816 bits per heavy atom. The molecule has 6 nitrogen and oxygen atoms in total. The lowest BCUT2D eigenvalue weighted by Gasteiger charge is -2.14. The summed E-state index contributed by atoms with van der Waals surface area (Å²) in [5.74, 6) is 1.12. The second-order valence-electron chi connectivity index (χ2n) is 14.9. The summed E-state index contributed by atoms with van der Waals surface area (Å²) in [4.78, 5) is 11.5. The molecule has 49 heavy (non-hydrogen) atoms. The number of aliphatic hydroxyl groups excluding tert-OH is 2. The van der Waals surface area contributed by atoms with Gasteiger partial charge in [0.2, 0.25) is 0 Å². The van der Waals surface area contributed by atoms with Crippen molar-refractivity contribution < 1.29 is 24.5 Å². The molecule has 300 valence electrons. The van der Waals surface area contributed by atoms with Crippen LogP contribution < -0.4 is 5.32 Å². The Morgan fingerprint density at radius 1 is 0.510 bits per heavy atom. The number of rotatable bonds is 32. The van der Waals surface area contributed by atoms with Gasteiger partial charge in [-0.3, -0.25) is 0 Å². The Morgan fingerprint density at radius 3 is 1.10 bits per heavy atom. The second kappa shape index (κ2) is 51.5. The summed E-state index contributed by atoms with van der Waals surface area (Å²) < 4.78 is 10.8. The summed E-state index contributed by atoms with van der Waals surface area (Å²) in [5.41, 5.74) is 0. The van der Waals surface area contributed by atoms with Crippen molar-refractivity contribution in [3.05, 3.63) is 0 Å². The number of aliphatic hydroxyl groups is 2.